The third-order valence-electron chi connectivity index (χ3n) is 4.13. The smallest absolute Gasteiger partial charge is 0.323 e. The van der Waals surface area contributed by atoms with Gasteiger partial charge >= 0.3 is 11.9 Å². The third kappa shape index (κ3) is 2.53. The van der Waals surface area contributed by atoms with Gasteiger partial charge in [0.1, 0.15) is 0 Å². The maximum atomic E-state index is 12.3. The molecule has 0 saturated carbocycles. The monoisotopic (exact) mass is 292 g/mol. The fraction of sp³-hybridized carbons (Fsp3) is 0.500. The molecule has 0 radical (unpaired) electrons. The van der Waals surface area contributed by atoms with Crippen molar-refractivity contribution in [3.8, 4) is 0 Å². The molecule has 0 spiro atoms. The van der Waals surface area contributed by atoms with Crippen LogP contribution in [0.3, 0.4) is 0 Å². The van der Waals surface area contributed by atoms with Crippen LogP contribution >= 0.6 is 0 Å². The van der Waals surface area contributed by atoms with Gasteiger partial charge in [-0.2, -0.15) is 0 Å². The second-order valence-corrected chi connectivity index (χ2v) is 5.42. The Labute approximate surface area is 124 Å². The minimum Gasteiger partial charge on any atom is -0.468 e. The number of hydrogen-bond donors (Lipinski definition) is 0. The minimum absolute atomic E-state index is 0.222. The minimum atomic E-state index is -1.33. The van der Waals surface area contributed by atoms with E-state index in [2.05, 4.69) is 13.2 Å². The molecule has 0 fully saturated rings. The van der Waals surface area contributed by atoms with Crippen LogP contribution in [0.25, 0.3) is 0 Å². The van der Waals surface area contributed by atoms with E-state index in [-0.39, 0.29) is 6.42 Å². The van der Waals surface area contributed by atoms with Crippen LogP contribution in [0.1, 0.15) is 19.3 Å². The van der Waals surface area contributed by atoms with Crippen molar-refractivity contribution in [1.29, 1.82) is 0 Å². The molecular weight excluding hydrogens is 272 g/mol. The Kier molecular flexibility index (Phi) is 4.32. The van der Waals surface area contributed by atoms with Crippen molar-refractivity contribution in [2.45, 2.75) is 19.3 Å². The molecular formula is C16H20O5. The molecule has 21 heavy (non-hydrogen) atoms. The summed E-state index contributed by atoms with van der Waals surface area (Å²) < 4.78 is 15.2. The molecule has 5 heteroatoms. The molecule has 1 aliphatic carbocycles. The average molecular weight is 292 g/mol. The van der Waals surface area contributed by atoms with E-state index in [0.717, 1.165) is 22.3 Å². The van der Waals surface area contributed by atoms with E-state index in [1.165, 1.54) is 14.2 Å². The van der Waals surface area contributed by atoms with Crippen molar-refractivity contribution in [1.82, 2.24) is 0 Å². The second-order valence-electron chi connectivity index (χ2n) is 5.42. The van der Waals surface area contributed by atoms with Crippen LogP contribution < -0.4 is 0 Å². The molecule has 1 aliphatic heterocycles. The predicted molar refractivity (Wildman–Crippen MR) is 76.4 cm³/mol. The van der Waals surface area contributed by atoms with Crippen LogP contribution in [0.2, 0.25) is 0 Å². The van der Waals surface area contributed by atoms with Crippen molar-refractivity contribution >= 4 is 11.9 Å². The molecule has 0 N–H and O–H groups in total. The van der Waals surface area contributed by atoms with E-state index < -0.39 is 17.4 Å². The molecule has 0 amide bonds. The lowest BCUT2D eigenvalue weighted by Crippen LogP contribution is -2.41. The number of esters is 2. The first kappa shape index (κ1) is 15.5. The number of allylic oxidation sites excluding steroid dienone is 1. The third-order valence-corrected chi connectivity index (χ3v) is 4.13. The Balaban J connectivity index is 2.51. The molecule has 0 saturated heterocycles. The van der Waals surface area contributed by atoms with Crippen molar-refractivity contribution in [2.24, 2.45) is 5.41 Å². The van der Waals surface area contributed by atoms with Gasteiger partial charge in [-0.25, -0.2) is 0 Å². The highest BCUT2D eigenvalue weighted by Crippen LogP contribution is 2.44. The van der Waals surface area contributed by atoms with Gasteiger partial charge in [0, 0.05) is 0 Å². The predicted octanol–water partition coefficient (Wildman–Crippen LogP) is 1.94. The summed E-state index contributed by atoms with van der Waals surface area (Å²) in [5.41, 5.74) is 2.21. The van der Waals surface area contributed by atoms with E-state index in [1.807, 2.05) is 0 Å². The van der Waals surface area contributed by atoms with Crippen LogP contribution in [0.5, 0.6) is 0 Å². The van der Waals surface area contributed by atoms with Gasteiger partial charge in [0.05, 0.1) is 27.4 Å². The Morgan fingerprint density at radius 1 is 1.10 bits per heavy atom. The molecule has 0 atom stereocenters. The summed E-state index contributed by atoms with van der Waals surface area (Å²) in [6, 6.07) is 0. The number of carbonyl (C=O) groups excluding carboxylic acids is 2. The molecule has 0 aromatic carbocycles. The summed E-state index contributed by atoms with van der Waals surface area (Å²) in [5, 5.41) is 0. The number of rotatable bonds is 2. The molecule has 0 aromatic heterocycles. The van der Waals surface area contributed by atoms with E-state index in [1.54, 1.807) is 0 Å². The van der Waals surface area contributed by atoms with Crippen molar-refractivity contribution in [3.63, 3.8) is 0 Å². The molecule has 1 heterocycles. The molecule has 2 aliphatic rings. The topological polar surface area (TPSA) is 61.8 Å². The van der Waals surface area contributed by atoms with Crippen molar-refractivity contribution < 1.29 is 23.8 Å². The first-order chi connectivity index (χ1) is 9.96. The van der Waals surface area contributed by atoms with Gasteiger partial charge in [0.15, 0.2) is 5.41 Å². The normalized spacial score (nSPS) is 21.4. The quantitative estimate of drug-likeness (QED) is 0.575. The van der Waals surface area contributed by atoms with Gasteiger partial charge in [-0.3, -0.25) is 9.59 Å². The maximum Gasteiger partial charge on any atom is 0.323 e. The Morgan fingerprint density at radius 2 is 1.71 bits per heavy atom. The van der Waals surface area contributed by atoms with Crippen LogP contribution in [0, 0.1) is 5.41 Å². The average Bonchev–Trinajstić information content (AvgIpc) is 2.64. The second kappa shape index (κ2) is 5.85. The SMILES string of the molecule is C=C1CCC(C(=O)OC)(C(=O)OC)CC2=C1C(=C)COC2. The van der Waals surface area contributed by atoms with E-state index in [4.69, 9.17) is 14.2 Å². The number of ether oxygens (including phenoxy) is 3. The number of methoxy groups -OCH3 is 2. The maximum absolute atomic E-state index is 12.3. The molecule has 0 aromatic rings. The first-order valence-corrected chi connectivity index (χ1v) is 6.79. The fourth-order valence-electron chi connectivity index (χ4n) is 3.10. The number of hydrogen-bond acceptors (Lipinski definition) is 5. The summed E-state index contributed by atoms with van der Waals surface area (Å²) in [6.45, 7) is 8.87. The zero-order chi connectivity index (χ0) is 15.6. The highest BCUT2D eigenvalue weighted by molar-refractivity contribution is 6.00. The molecule has 5 nitrogen and oxygen atoms in total. The molecule has 0 unspecified atom stereocenters. The largest absolute Gasteiger partial charge is 0.468 e. The lowest BCUT2D eigenvalue weighted by molar-refractivity contribution is -0.169. The van der Waals surface area contributed by atoms with Gasteiger partial charge in [0.2, 0.25) is 0 Å². The lowest BCUT2D eigenvalue weighted by Gasteiger charge is -2.29. The number of carbonyl (C=O) groups is 2. The first-order valence-electron chi connectivity index (χ1n) is 6.79. The Morgan fingerprint density at radius 3 is 2.29 bits per heavy atom. The lowest BCUT2D eigenvalue weighted by atomic mass is 9.78. The van der Waals surface area contributed by atoms with Gasteiger partial charge in [-0.05, 0) is 41.6 Å². The van der Waals surface area contributed by atoms with Gasteiger partial charge < -0.3 is 14.2 Å². The summed E-state index contributed by atoms with van der Waals surface area (Å²) in [7, 11) is 2.55. The highest BCUT2D eigenvalue weighted by Gasteiger charge is 2.50. The fourth-order valence-corrected chi connectivity index (χ4v) is 3.10. The Bertz CT molecular complexity index is 525. The summed E-state index contributed by atoms with van der Waals surface area (Å²) in [4.78, 5) is 24.5. The van der Waals surface area contributed by atoms with E-state index in [0.29, 0.717) is 26.1 Å². The summed E-state index contributed by atoms with van der Waals surface area (Å²) >= 11 is 0. The highest BCUT2D eigenvalue weighted by atomic mass is 16.5. The van der Waals surface area contributed by atoms with Crippen LogP contribution in [-0.2, 0) is 23.8 Å². The molecule has 0 bridgehead atoms. The molecule has 114 valence electrons. The van der Waals surface area contributed by atoms with Crippen molar-refractivity contribution in [3.05, 3.63) is 35.5 Å². The van der Waals surface area contributed by atoms with Gasteiger partial charge in [-0.15, -0.1) is 0 Å². The summed E-state index contributed by atoms with van der Waals surface area (Å²) in [6.07, 6.45) is 1.05. The Hall–Kier alpha value is -1.88. The van der Waals surface area contributed by atoms with Crippen LogP contribution in [-0.4, -0.2) is 39.4 Å². The van der Waals surface area contributed by atoms with E-state index >= 15 is 0 Å². The van der Waals surface area contributed by atoms with Crippen LogP contribution in [0.4, 0.5) is 0 Å². The molecule has 2 rings (SSSR count). The summed E-state index contributed by atoms with van der Waals surface area (Å²) in [5.74, 6) is -1.15. The van der Waals surface area contributed by atoms with Gasteiger partial charge in [-0.1, -0.05) is 13.2 Å². The standard InChI is InChI=1S/C16H20O5/c1-10-5-6-16(14(17)19-3,15(18)20-4)7-12-9-21-8-11(2)13(10)12/h1-2,5-9H2,3-4H3. The van der Waals surface area contributed by atoms with Gasteiger partial charge in [0.25, 0.3) is 0 Å². The van der Waals surface area contributed by atoms with E-state index in [9.17, 15) is 9.59 Å². The zero-order valence-electron chi connectivity index (χ0n) is 12.5. The van der Waals surface area contributed by atoms with Crippen molar-refractivity contribution in [2.75, 3.05) is 27.4 Å². The van der Waals surface area contributed by atoms with Crippen LogP contribution in [0.15, 0.2) is 35.5 Å². The zero-order valence-corrected chi connectivity index (χ0v) is 12.5.